The zero-order chi connectivity index (χ0) is 15.1. The predicted octanol–water partition coefficient (Wildman–Crippen LogP) is 2.73. The van der Waals surface area contributed by atoms with E-state index in [9.17, 15) is 9.59 Å². The Balaban J connectivity index is 2.59. The van der Waals surface area contributed by atoms with E-state index in [1.54, 1.807) is 26.0 Å². The third-order valence-electron chi connectivity index (χ3n) is 2.62. The van der Waals surface area contributed by atoms with E-state index in [0.29, 0.717) is 5.02 Å². The summed E-state index contributed by atoms with van der Waals surface area (Å²) in [4.78, 5) is 23.0. The number of hydrogen-bond acceptors (Lipinski definition) is 3. The lowest BCUT2D eigenvalue weighted by atomic mass is 10.1. The van der Waals surface area contributed by atoms with Gasteiger partial charge in [-0.3, -0.25) is 4.79 Å². The topological polar surface area (TPSA) is 55.4 Å². The van der Waals surface area contributed by atoms with Crippen LogP contribution in [0.1, 0.15) is 25.0 Å². The molecule has 0 aliphatic carbocycles. The molecule has 1 aromatic carbocycles. The Bertz CT molecular complexity index is 526. The van der Waals surface area contributed by atoms with E-state index in [-0.39, 0.29) is 12.5 Å². The third kappa shape index (κ3) is 5.05. The Kier molecular flexibility index (Phi) is 6.25. The fourth-order valence-electron chi connectivity index (χ4n) is 1.47. The fourth-order valence-corrected chi connectivity index (χ4v) is 1.66. The molecule has 1 atom stereocenters. The van der Waals surface area contributed by atoms with Crippen LogP contribution in [-0.4, -0.2) is 24.5 Å². The predicted molar refractivity (Wildman–Crippen MR) is 79.5 cm³/mol. The Morgan fingerprint density at radius 1 is 1.45 bits per heavy atom. The molecule has 108 valence electrons. The van der Waals surface area contributed by atoms with Gasteiger partial charge in [-0.2, -0.15) is 0 Å². The van der Waals surface area contributed by atoms with Crippen molar-refractivity contribution in [2.75, 3.05) is 6.61 Å². The molecule has 0 spiro atoms. The van der Waals surface area contributed by atoms with Gasteiger partial charge in [-0.1, -0.05) is 23.7 Å². The number of carbonyl (C=O) groups excluding carboxylic acids is 2. The van der Waals surface area contributed by atoms with Gasteiger partial charge in [0.2, 0.25) is 5.91 Å². The molecule has 1 aromatic rings. The van der Waals surface area contributed by atoms with Crippen LogP contribution in [0.15, 0.2) is 24.3 Å². The van der Waals surface area contributed by atoms with Crippen molar-refractivity contribution in [3.05, 3.63) is 40.4 Å². The smallest absolute Gasteiger partial charge is 0.328 e. The zero-order valence-electron chi connectivity index (χ0n) is 11.8. The molecule has 0 saturated carbocycles. The van der Waals surface area contributed by atoms with Gasteiger partial charge in [0.1, 0.15) is 6.04 Å². The number of carbonyl (C=O) groups is 2. The second-order valence-electron chi connectivity index (χ2n) is 4.32. The van der Waals surface area contributed by atoms with E-state index < -0.39 is 12.0 Å². The van der Waals surface area contributed by atoms with Crippen molar-refractivity contribution in [2.45, 2.75) is 26.8 Å². The standard InChI is InChI=1S/C15H18ClNO3/c1-4-20-15(19)11(3)17-14(18)8-7-12-6-5-10(2)13(16)9-12/h5-9,11H,4H2,1-3H3,(H,17,18). The number of hydrogen-bond donors (Lipinski definition) is 1. The first kappa shape index (κ1) is 16.2. The lowest BCUT2D eigenvalue weighted by Crippen LogP contribution is -2.38. The van der Waals surface area contributed by atoms with Crippen LogP contribution in [0.2, 0.25) is 5.02 Å². The van der Waals surface area contributed by atoms with Crippen molar-refractivity contribution in [2.24, 2.45) is 0 Å². The largest absolute Gasteiger partial charge is 0.464 e. The lowest BCUT2D eigenvalue weighted by Gasteiger charge is -2.10. The monoisotopic (exact) mass is 295 g/mol. The Morgan fingerprint density at radius 3 is 2.75 bits per heavy atom. The number of rotatable bonds is 5. The number of esters is 1. The van der Waals surface area contributed by atoms with Crippen LogP contribution < -0.4 is 5.32 Å². The SMILES string of the molecule is CCOC(=O)C(C)NC(=O)C=Cc1ccc(C)c(Cl)c1. The molecule has 0 aliphatic heterocycles. The molecule has 0 radical (unpaired) electrons. The number of nitrogens with one attached hydrogen (secondary N) is 1. The maximum absolute atomic E-state index is 11.6. The summed E-state index contributed by atoms with van der Waals surface area (Å²) in [5.41, 5.74) is 1.80. The summed E-state index contributed by atoms with van der Waals surface area (Å²) >= 11 is 5.99. The van der Waals surface area contributed by atoms with Crippen molar-refractivity contribution in [3.63, 3.8) is 0 Å². The van der Waals surface area contributed by atoms with E-state index in [4.69, 9.17) is 16.3 Å². The first-order valence-corrected chi connectivity index (χ1v) is 6.73. The molecule has 1 N–H and O–H groups in total. The van der Waals surface area contributed by atoms with Crippen LogP contribution in [0, 0.1) is 6.92 Å². The maximum atomic E-state index is 11.6. The maximum Gasteiger partial charge on any atom is 0.328 e. The van der Waals surface area contributed by atoms with Crippen molar-refractivity contribution in [1.29, 1.82) is 0 Å². The van der Waals surface area contributed by atoms with Crippen molar-refractivity contribution < 1.29 is 14.3 Å². The molecule has 4 nitrogen and oxygen atoms in total. The minimum Gasteiger partial charge on any atom is -0.464 e. The summed E-state index contributed by atoms with van der Waals surface area (Å²) in [5.74, 6) is -0.810. The van der Waals surface area contributed by atoms with Crippen LogP contribution in [0.25, 0.3) is 6.08 Å². The molecule has 0 aliphatic rings. The van der Waals surface area contributed by atoms with E-state index >= 15 is 0 Å². The fraction of sp³-hybridized carbons (Fsp3) is 0.333. The van der Waals surface area contributed by atoms with Crippen LogP contribution in [0.3, 0.4) is 0 Å². The highest BCUT2D eigenvalue weighted by molar-refractivity contribution is 6.31. The van der Waals surface area contributed by atoms with Crippen LogP contribution in [0.4, 0.5) is 0 Å². The average molecular weight is 296 g/mol. The van der Waals surface area contributed by atoms with E-state index in [1.807, 2.05) is 19.1 Å². The first-order chi connectivity index (χ1) is 9.43. The summed E-state index contributed by atoms with van der Waals surface area (Å²) in [5, 5.41) is 3.17. The Morgan fingerprint density at radius 2 is 2.15 bits per heavy atom. The molecular formula is C15H18ClNO3. The molecule has 1 rings (SSSR count). The molecule has 5 heteroatoms. The molecule has 0 saturated heterocycles. The molecule has 0 heterocycles. The Labute approximate surface area is 123 Å². The number of ether oxygens (including phenoxy) is 1. The second-order valence-corrected chi connectivity index (χ2v) is 4.73. The van der Waals surface area contributed by atoms with Gasteiger partial charge in [-0.15, -0.1) is 0 Å². The van der Waals surface area contributed by atoms with Crippen LogP contribution in [0.5, 0.6) is 0 Å². The summed E-state index contributed by atoms with van der Waals surface area (Å²) < 4.78 is 4.80. The minimum atomic E-state index is -0.672. The molecular weight excluding hydrogens is 278 g/mol. The highest BCUT2D eigenvalue weighted by atomic mass is 35.5. The number of benzene rings is 1. The quantitative estimate of drug-likeness (QED) is 0.671. The number of amides is 1. The van der Waals surface area contributed by atoms with E-state index in [1.165, 1.54) is 6.08 Å². The molecule has 1 amide bonds. The van der Waals surface area contributed by atoms with Crippen molar-refractivity contribution in [1.82, 2.24) is 5.32 Å². The van der Waals surface area contributed by atoms with Crippen molar-refractivity contribution in [3.8, 4) is 0 Å². The van der Waals surface area contributed by atoms with Gasteiger partial charge in [0.25, 0.3) is 0 Å². The number of halogens is 1. The van der Waals surface area contributed by atoms with E-state index in [2.05, 4.69) is 5.32 Å². The van der Waals surface area contributed by atoms with Gasteiger partial charge in [-0.05, 0) is 44.0 Å². The van der Waals surface area contributed by atoms with Crippen molar-refractivity contribution >= 4 is 29.6 Å². The van der Waals surface area contributed by atoms with Crippen LogP contribution >= 0.6 is 11.6 Å². The minimum absolute atomic E-state index is 0.288. The zero-order valence-corrected chi connectivity index (χ0v) is 12.5. The van der Waals surface area contributed by atoms with Gasteiger partial charge in [0.15, 0.2) is 0 Å². The van der Waals surface area contributed by atoms with Gasteiger partial charge in [-0.25, -0.2) is 4.79 Å². The van der Waals surface area contributed by atoms with Gasteiger partial charge < -0.3 is 10.1 Å². The summed E-state index contributed by atoms with van der Waals surface area (Å²) in [6.45, 7) is 5.49. The lowest BCUT2D eigenvalue weighted by molar-refractivity contribution is -0.146. The second kappa shape index (κ2) is 7.70. The van der Waals surface area contributed by atoms with Gasteiger partial charge >= 0.3 is 5.97 Å². The molecule has 0 fully saturated rings. The Hall–Kier alpha value is -1.81. The van der Waals surface area contributed by atoms with Gasteiger partial charge in [0, 0.05) is 11.1 Å². The first-order valence-electron chi connectivity index (χ1n) is 6.35. The number of aryl methyl sites for hydroxylation is 1. The highest BCUT2D eigenvalue weighted by Gasteiger charge is 2.14. The summed E-state index contributed by atoms with van der Waals surface area (Å²) in [6.07, 6.45) is 3.00. The highest BCUT2D eigenvalue weighted by Crippen LogP contribution is 2.17. The summed E-state index contributed by atoms with van der Waals surface area (Å²) in [7, 11) is 0. The molecule has 20 heavy (non-hydrogen) atoms. The third-order valence-corrected chi connectivity index (χ3v) is 3.03. The molecule has 0 bridgehead atoms. The molecule has 0 aromatic heterocycles. The average Bonchev–Trinajstić information content (AvgIpc) is 2.40. The summed E-state index contributed by atoms with van der Waals surface area (Å²) in [6, 6.07) is 4.84. The van der Waals surface area contributed by atoms with E-state index in [0.717, 1.165) is 11.1 Å². The normalized spacial score (nSPS) is 12.2. The molecule has 1 unspecified atom stereocenters. The van der Waals surface area contributed by atoms with Gasteiger partial charge in [0.05, 0.1) is 6.61 Å². The van der Waals surface area contributed by atoms with Crippen LogP contribution in [-0.2, 0) is 14.3 Å².